The first kappa shape index (κ1) is 20.1. The molecular formula is C20H24F2N4O2. The number of ether oxygens (including phenoxy) is 1. The number of carbonyl (C=O) groups is 1. The number of nitrogens with one attached hydrogen (secondary N) is 1. The molecule has 1 fully saturated rings. The van der Waals surface area contributed by atoms with Crippen LogP contribution in [0.3, 0.4) is 0 Å². The molecule has 0 unspecified atom stereocenters. The number of aromatic nitrogens is 2. The zero-order valence-electron chi connectivity index (χ0n) is 15.9. The lowest BCUT2D eigenvalue weighted by Crippen LogP contribution is -2.51. The van der Waals surface area contributed by atoms with Crippen LogP contribution in [0.15, 0.2) is 36.7 Å². The van der Waals surface area contributed by atoms with E-state index in [0.29, 0.717) is 17.8 Å². The summed E-state index contributed by atoms with van der Waals surface area (Å²) in [5.74, 6) is 0.389. The van der Waals surface area contributed by atoms with Crippen LogP contribution in [0, 0.1) is 5.92 Å². The van der Waals surface area contributed by atoms with E-state index in [1.54, 1.807) is 18.2 Å². The van der Waals surface area contributed by atoms with Crippen molar-refractivity contribution in [3.8, 4) is 5.75 Å². The quantitative estimate of drug-likeness (QED) is 0.733. The largest absolute Gasteiger partial charge is 0.432 e. The number of ketones is 1. The highest BCUT2D eigenvalue weighted by Crippen LogP contribution is 2.26. The number of carbonyl (C=O) groups excluding carboxylic acids is 1. The molecule has 1 saturated heterocycles. The van der Waals surface area contributed by atoms with Crippen molar-refractivity contribution < 1.29 is 18.3 Å². The van der Waals surface area contributed by atoms with E-state index in [2.05, 4.69) is 38.8 Å². The number of anilines is 1. The van der Waals surface area contributed by atoms with Gasteiger partial charge in [-0.2, -0.15) is 8.78 Å². The van der Waals surface area contributed by atoms with Gasteiger partial charge in [-0.25, -0.2) is 4.98 Å². The molecule has 8 heteroatoms. The predicted octanol–water partition coefficient (Wildman–Crippen LogP) is 3.13. The lowest BCUT2D eigenvalue weighted by atomic mass is 10.0. The van der Waals surface area contributed by atoms with Gasteiger partial charge in [0, 0.05) is 43.6 Å². The number of piperazine rings is 1. The summed E-state index contributed by atoms with van der Waals surface area (Å²) >= 11 is 0. The fraction of sp³-hybridized carbons (Fsp3) is 0.450. The van der Waals surface area contributed by atoms with E-state index in [0.717, 1.165) is 26.1 Å². The van der Waals surface area contributed by atoms with Crippen molar-refractivity contribution >= 4 is 11.6 Å². The van der Waals surface area contributed by atoms with Crippen LogP contribution < -0.4 is 15.0 Å². The summed E-state index contributed by atoms with van der Waals surface area (Å²) in [7, 11) is 0. The minimum Gasteiger partial charge on any atom is -0.432 e. The molecule has 0 amide bonds. The van der Waals surface area contributed by atoms with Gasteiger partial charge in [0.1, 0.15) is 5.82 Å². The summed E-state index contributed by atoms with van der Waals surface area (Å²) in [6.45, 7) is 3.54. The maximum atomic E-state index is 12.8. The third kappa shape index (κ3) is 5.01. The van der Waals surface area contributed by atoms with Crippen molar-refractivity contribution in [1.29, 1.82) is 0 Å². The van der Waals surface area contributed by atoms with Gasteiger partial charge < -0.3 is 15.0 Å². The first-order chi connectivity index (χ1) is 13.4. The SMILES string of the molecule is CC(C)C[C@H]1CN(c2ccc(OC(F)F)c(C(=O)c3cccnc3)n2)CCN1. The normalized spacial score (nSPS) is 17.2. The summed E-state index contributed by atoms with van der Waals surface area (Å²) in [6, 6.07) is 6.49. The van der Waals surface area contributed by atoms with Crippen molar-refractivity contribution in [2.24, 2.45) is 5.92 Å². The number of hydrogen-bond acceptors (Lipinski definition) is 6. The number of alkyl halides is 2. The number of rotatable bonds is 7. The number of nitrogens with zero attached hydrogens (tertiary/aromatic N) is 3. The van der Waals surface area contributed by atoms with Gasteiger partial charge in [0.2, 0.25) is 5.78 Å². The summed E-state index contributed by atoms with van der Waals surface area (Å²) in [5.41, 5.74) is 0.133. The molecule has 0 spiro atoms. The van der Waals surface area contributed by atoms with Gasteiger partial charge in [-0.3, -0.25) is 9.78 Å². The van der Waals surface area contributed by atoms with Gasteiger partial charge >= 0.3 is 6.61 Å². The molecular weight excluding hydrogens is 366 g/mol. The van der Waals surface area contributed by atoms with Gasteiger partial charge in [0.15, 0.2) is 11.4 Å². The molecule has 3 rings (SSSR count). The number of hydrogen-bond donors (Lipinski definition) is 1. The second kappa shape index (κ2) is 9.05. The molecule has 28 heavy (non-hydrogen) atoms. The summed E-state index contributed by atoms with van der Waals surface area (Å²) in [5, 5.41) is 3.48. The molecule has 1 atom stereocenters. The summed E-state index contributed by atoms with van der Waals surface area (Å²) < 4.78 is 30.1. The van der Waals surface area contributed by atoms with Crippen LogP contribution in [-0.4, -0.2) is 48.0 Å². The molecule has 0 saturated carbocycles. The van der Waals surface area contributed by atoms with Gasteiger partial charge in [0.05, 0.1) is 0 Å². The van der Waals surface area contributed by atoms with Crippen LogP contribution >= 0.6 is 0 Å². The molecule has 2 aromatic heterocycles. The predicted molar refractivity (Wildman–Crippen MR) is 102 cm³/mol. The average Bonchev–Trinajstić information content (AvgIpc) is 2.68. The maximum absolute atomic E-state index is 12.8. The van der Waals surface area contributed by atoms with Gasteiger partial charge in [-0.05, 0) is 36.6 Å². The molecule has 0 aliphatic carbocycles. The molecule has 2 aromatic rings. The Kier molecular flexibility index (Phi) is 6.51. The second-order valence-corrected chi connectivity index (χ2v) is 7.19. The topological polar surface area (TPSA) is 67.3 Å². The summed E-state index contributed by atoms with van der Waals surface area (Å²) in [6.07, 6.45) is 3.93. The molecule has 1 aliphatic rings. The minimum absolute atomic E-state index is 0.134. The fourth-order valence-electron chi connectivity index (χ4n) is 3.36. The van der Waals surface area contributed by atoms with Crippen LogP contribution in [-0.2, 0) is 0 Å². The first-order valence-electron chi connectivity index (χ1n) is 9.33. The Morgan fingerprint density at radius 3 is 2.86 bits per heavy atom. The second-order valence-electron chi connectivity index (χ2n) is 7.19. The maximum Gasteiger partial charge on any atom is 0.387 e. The smallest absolute Gasteiger partial charge is 0.387 e. The van der Waals surface area contributed by atoms with Gasteiger partial charge in [0.25, 0.3) is 0 Å². The van der Waals surface area contributed by atoms with Crippen molar-refractivity contribution in [3.63, 3.8) is 0 Å². The Bertz CT molecular complexity index is 802. The molecule has 0 bridgehead atoms. The number of halogens is 2. The first-order valence-corrected chi connectivity index (χ1v) is 9.33. The highest BCUT2D eigenvalue weighted by atomic mass is 19.3. The van der Waals surface area contributed by atoms with Crippen LogP contribution in [0.5, 0.6) is 5.75 Å². The van der Waals surface area contributed by atoms with Crippen molar-refractivity contribution in [1.82, 2.24) is 15.3 Å². The van der Waals surface area contributed by atoms with Crippen molar-refractivity contribution in [2.45, 2.75) is 32.9 Å². The van der Waals surface area contributed by atoms with E-state index in [1.807, 2.05) is 0 Å². The van der Waals surface area contributed by atoms with E-state index < -0.39 is 12.4 Å². The van der Waals surface area contributed by atoms with E-state index in [1.165, 1.54) is 18.5 Å². The molecule has 1 N–H and O–H groups in total. The van der Waals surface area contributed by atoms with Gasteiger partial charge in [-0.15, -0.1) is 0 Å². The summed E-state index contributed by atoms with van der Waals surface area (Å²) in [4.78, 5) is 23.2. The van der Waals surface area contributed by atoms with E-state index in [-0.39, 0.29) is 17.0 Å². The molecule has 0 aromatic carbocycles. The fourth-order valence-corrected chi connectivity index (χ4v) is 3.36. The van der Waals surface area contributed by atoms with Crippen molar-refractivity contribution in [3.05, 3.63) is 47.9 Å². The Morgan fingerprint density at radius 1 is 1.36 bits per heavy atom. The molecule has 150 valence electrons. The molecule has 6 nitrogen and oxygen atoms in total. The van der Waals surface area contributed by atoms with E-state index in [4.69, 9.17) is 0 Å². The minimum atomic E-state index is -3.04. The highest BCUT2D eigenvalue weighted by molar-refractivity contribution is 6.09. The Labute approximate surface area is 162 Å². The highest BCUT2D eigenvalue weighted by Gasteiger charge is 2.25. The Hall–Kier alpha value is -2.61. The van der Waals surface area contributed by atoms with E-state index >= 15 is 0 Å². The zero-order valence-corrected chi connectivity index (χ0v) is 15.9. The lowest BCUT2D eigenvalue weighted by molar-refractivity contribution is -0.0503. The van der Waals surface area contributed by atoms with E-state index in [9.17, 15) is 13.6 Å². The van der Waals surface area contributed by atoms with Crippen LogP contribution in [0.2, 0.25) is 0 Å². The van der Waals surface area contributed by atoms with Crippen LogP contribution in [0.4, 0.5) is 14.6 Å². The Balaban J connectivity index is 1.90. The third-order valence-electron chi connectivity index (χ3n) is 4.53. The average molecular weight is 390 g/mol. The Morgan fingerprint density at radius 2 is 2.18 bits per heavy atom. The van der Waals surface area contributed by atoms with Crippen LogP contribution in [0.25, 0.3) is 0 Å². The molecule has 0 radical (unpaired) electrons. The standard InChI is InChI=1S/C20H24F2N4O2/c1-13(2)10-15-12-26(9-8-24-15)17-6-5-16(28-20(21)22)18(25-17)19(27)14-4-3-7-23-11-14/h3-7,11,13,15,20,24H,8-10,12H2,1-2H3/t15-/m0/s1. The molecule has 1 aliphatic heterocycles. The monoisotopic (exact) mass is 390 g/mol. The molecule has 3 heterocycles. The lowest BCUT2D eigenvalue weighted by Gasteiger charge is -2.35. The zero-order chi connectivity index (χ0) is 20.1. The van der Waals surface area contributed by atoms with Crippen molar-refractivity contribution in [2.75, 3.05) is 24.5 Å². The van der Waals surface area contributed by atoms with Gasteiger partial charge in [-0.1, -0.05) is 13.8 Å². The number of pyridine rings is 2. The third-order valence-corrected chi connectivity index (χ3v) is 4.53. The van der Waals surface area contributed by atoms with Crippen LogP contribution in [0.1, 0.15) is 36.3 Å².